The van der Waals surface area contributed by atoms with Crippen molar-refractivity contribution in [2.24, 2.45) is 10.9 Å². The van der Waals surface area contributed by atoms with Gasteiger partial charge < -0.3 is 0 Å². The molecule has 0 fully saturated rings. The zero-order chi connectivity index (χ0) is 33.0. The maximum atomic E-state index is 5.16. The maximum absolute atomic E-state index is 5.16. The Balaban J connectivity index is 0.989. The molecule has 1 aliphatic heterocycles. The van der Waals surface area contributed by atoms with Gasteiger partial charge in [0.2, 0.25) is 0 Å². The van der Waals surface area contributed by atoms with Gasteiger partial charge in [0.05, 0.1) is 39.3 Å². The van der Waals surface area contributed by atoms with E-state index in [1.807, 2.05) is 36.7 Å². The second-order valence-corrected chi connectivity index (χ2v) is 12.9. The van der Waals surface area contributed by atoms with Gasteiger partial charge in [0.25, 0.3) is 0 Å². The molecule has 50 heavy (non-hydrogen) atoms. The Labute approximate surface area is 289 Å². The molecule has 10 rings (SSSR count). The molecule has 2 atom stereocenters. The first-order chi connectivity index (χ1) is 24.7. The minimum Gasteiger partial charge on any atom is -0.282 e. The van der Waals surface area contributed by atoms with Gasteiger partial charge in [0.1, 0.15) is 6.04 Å². The highest BCUT2D eigenvalue weighted by molar-refractivity contribution is 5.96. The van der Waals surface area contributed by atoms with Gasteiger partial charge in [0.15, 0.2) is 0 Å². The number of rotatable bonds is 4. The van der Waals surface area contributed by atoms with E-state index in [0.717, 1.165) is 88.9 Å². The van der Waals surface area contributed by atoms with Crippen LogP contribution in [0.2, 0.25) is 0 Å². The van der Waals surface area contributed by atoms with Crippen molar-refractivity contribution in [1.29, 1.82) is 0 Å². The van der Waals surface area contributed by atoms with Gasteiger partial charge in [-0.3, -0.25) is 9.98 Å². The molecule has 4 aromatic heterocycles. The predicted octanol–water partition coefficient (Wildman–Crippen LogP) is 10.7. The highest BCUT2D eigenvalue weighted by Crippen LogP contribution is 2.38. The third-order valence-corrected chi connectivity index (χ3v) is 9.86. The zero-order valence-electron chi connectivity index (χ0n) is 27.0. The molecule has 4 aromatic carbocycles. The lowest BCUT2D eigenvalue weighted by molar-refractivity contribution is 0.594. The molecule has 2 aliphatic rings. The van der Waals surface area contributed by atoms with Crippen LogP contribution in [0.5, 0.6) is 0 Å². The summed E-state index contributed by atoms with van der Waals surface area (Å²) in [7, 11) is 0. The second kappa shape index (κ2) is 11.5. The van der Waals surface area contributed by atoms with E-state index in [1.54, 1.807) is 0 Å². The molecule has 5 nitrogen and oxygen atoms in total. The highest BCUT2D eigenvalue weighted by Gasteiger charge is 2.27. The summed E-state index contributed by atoms with van der Waals surface area (Å²) in [6.07, 6.45) is 12.3. The molecule has 0 spiro atoms. The topological polar surface area (TPSA) is 63.9 Å². The predicted molar refractivity (Wildman–Crippen MR) is 205 cm³/mol. The van der Waals surface area contributed by atoms with Crippen LogP contribution in [-0.2, 0) is 0 Å². The summed E-state index contributed by atoms with van der Waals surface area (Å²) in [5, 5.41) is 3.30. The van der Waals surface area contributed by atoms with Crippen molar-refractivity contribution in [3.63, 3.8) is 0 Å². The van der Waals surface area contributed by atoms with Crippen molar-refractivity contribution in [2.45, 2.75) is 6.04 Å². The van der Waals surface area contributed by atoms with Crippen LogP contribution in [0.3, 0.4) is 0 Å². The van der Waals surface area contributed by atoms with Crippen LogP contribution in [-0.4, -0.2) is 26.2 Å². The van der Waals surface area contributed by atoms with Gasteiger partial charge in [-0.15, -0.1) is 0 Å². The molecule has 0 amide bonds. The number of aliphatic imine (C=N–C) groups is 1. The van der Waals surface area contributed by atoms with Gasteiger partial charge in [-0.1, -0.05) is 97.1 Å². The average molecular weight is 640 g/mol. The minimum absolute atomic E-state index is 0.0293. The Bertz CT molecular complexity index is 2740. The summed E-state index contributed by atoms with van der Waals surface area (Å²) < 4.78 is 0. The molecule has 1 aliphatic carbocycles. The van der Waals surface area contributed by atoms with Gasteiger partial charge in [-0.25, -0.2) is 15.0 Å². The number of benzene rings is 4. The molecule has 0 saturated carbocycles. The summed E-state index contributed by atoms with van der Waals surface area (Å²) in [4.78, 5) is 24.7. The number of dihydropyridines is 1. The van der Waals surface area contributed by atoms with E-state index in [0.29, 0.717) is 0 Å². The largest absolute Gasteiger partial charge is 0.282 e. The summed E-state index contributed by atoms with van der Waals surface area (Å²) in [5.41, 5.74) is 13.2. The minimum atomic E-state index is 0.0293. The molecule has 0 saturated heterocycles. The van der Waals surface area contributed by atoms with Crippen LogP contribution in [0.15, 0.2) is 157 Å². The lowest BCUT2D eigenvalue weighted by Gasteiger charge is -2.26. The molecule has 0 N–H and O–H groups in total. The van der Waals surface area contributed by atoms with Crippen molar-refractivity contribution in [3.05, 3.63) is 163 Å². The first-order valence-electron chi connectivity index (χ1n) is 16.9. The van der Waals surface area contributed by atoms with Crippen molar-refractivity contribution < 1.29 is 0 Å². The van der Waals surface area contributed by atoms with E-state index in [-0.39, 0.29) is 12.0 Å². The van der Waals surface area contributed by atoms with Gasteiger partial charge in [-0.2, -0.15) is 0 Å². The van der Waals surface area contributed by atoms with Crippen LogP contribution in [0.25, 0.3) is 83.7 Å². The fourth-order valence-corrected chi connectivity index (χ4v) is 7.26. The summed E-state index contributed by atoms with van der Waals surface area (Å²) in [6.45, 7) is 0. The van der Waals surface area contributed by atoms with Crippen LogP contribution >= 0.6 is 0 Å². The van der Waals surface area contributed by atoms with E-state index < -0.39 is 0 Å². The Kier molecular flexibility index (Phi) is 6.56. The van der Waals surface area contributed by atoms with Crippen molar-refractivity contribution in [3.8, 4) is 44.9 Å². The van der Waals surface area contributed by atoms with Crippen molar-refractivity contribution in [1.82, 2.24) is 19.9 Å². The molecule has 5 heteroatoms. The van der Waals surface area contributed by atoms with E-state index >= 15 is 0 Å². The van der Waals surface area contributed by atoms with E-state index in [9.17, 15) is 0 Å². The molecule has 8 aromatic rings. The Morgan fingerprint density at radius 3 is 2.02 bits per heavy atom. The van der Waals surface area contributed by atoms with Crippen LogP contribution in [0.1, 0.15) is 17.3 Å². The Hall–Kier alpha value is -6.59. The number of aromatic nitrogens is 4. The van der Waals surface area contributed by atoms with Gasteiger partial charge in [-0.05, 0) is 71.3 Å². The molecule has 0 bridgehead atoms. The van der Waals surface area contributed by atoms with Crippen molar-refractivity contribution in [2.75, 3.05) is 0 Å². The van der Waals surface area contributed by atoms with E-state index in [1.165, 1.54) is 0 Å². The average Bonchev–Trinajstić information content (AvgIpc) is 3.19. The first kappa shape index (κ1) is 28.4. The number of pyridine rings is 4. The van der Waals surface area contributed by atoms with Gasteiger partial charge in [0, 0.05) is 51.2 Å². The highest BCUT2D eigenvalue weighted by atomic mass is 14.9. The SMILES string of the molecule is C1=CC2C=Cc3ccc(-c4cccc(-c5ccc6ccc(-c7ccc8ccc(-c9cccc%10ncccc9%10)nc8c7)cc6n5)c4)nc3C2N=C1. The van der Waals surface area contributed by atoms with Crippen molar-refractivity contribution >= 4 is 45.0 Å². The quantitative estimate of drug-likeness (QED) is 0.192. The molecule has 0 radical (unpaired) electrons. The van der Waals surface area contributed by atoms with Gasteiger partial charge >= 0.3 is 0 Å². The fraction of sp³-hybridized carbons (Fsp3) is 0.0444. The Morgan fingerprint density at radius 1 is 0.500 bits per heavy atom. The third kappa shape index (κ3) is 4.91. The number of allylic oxidation sites excluding steroid dienone is 1. The van der Waals surface area contributed by atoms with E-state index in [4.69, 9.17) is 19.9 Å². The number of fused-ring (bicyclic) bond motifs is 6. The van der Waals surface area contributed by atoms with Crippen LogP contribution < -0.4 is 0 Å². The molecular weight excluding hydrogens is 611 g/mol. The molecule has 234 valence electrons. The van der Waals surface area contributed by atoms with E-state index in [2.05, 4.69) is 132 Å². The monoisotopic (exact) mass is 639 g/mol. The summed E-state index contributed by atoms with van der Waals surface area (Å²) in [6, 6.07) is 44.6. The third-order valence-electron chi connectivity index (χ3n) is 9.86. The first-order valence-corrected chi connectivity index (χ1v) is 16.9. The lowest BCUT2D eigenvalue weighted by atomic mass is 9.87. The smallest absolute Gasteiger partial charge is 0.102 e. The fourth-order valence-electron chi connectivity index (χ4n) is 7.26. The summed E-state index contributed by atoms with van der Waals surface area (Å²) >= 11 is 0. The zero-order valence-corrected chi connectivity index (χ0v) is 27.0. The number of hydrogen-bond acceptors (Lipinski definition) is 5. The van der Waals surface area contributed by atoms with Crippen LogP contribution in [0.4, 0.5) is 0 Å². The maximum Gasteiger partial charge on any atom is 0.102 e. The normalized spacial score (nSPS) is 16.2. The molecular formula is C45H29N5. The lowest BCUT2D eigenvalue weighted by Crippen LogP contribution is -2.16. The molecule has 5 heterocycles. The number of nitrogens with zero attached hydrogens (tertiary/aromatic N) is 5. The molecule has 2 unspecified atom stereocenters. The van der Waals surface area contributed by atoms with Crippen LogP contribution in [0, 0.1) is 5.92 Å². The number of hydrogen-bond donors (Lipinski definition) is 0. The standard InChI is InChI=1S/C45H29N5/c1-5-34(25-35(6-1)39-21-19-31-14-13-30-7-3-24-47-44(30)45(31)50-39)38-20-17-28-11-15-32(26-42(28)48-38)33-16-12-29-18-22-41(49-43(29)27-33)37-8-2-10-40-36(37)9-4-23-46-40/h1-27,30,44H. The second-order valence-electron chi connectivity index (χ2n) is 12.9. The summed E-state index contributed by atoms with van der Waals surface area (Å²) in [5.74, 6) is 0.254. The Morgan fingerprint density at radius 2 is 1.20 bits per heavy atom.